The Morgan fingerprint density at radius 1 is 0.867 bits per heavy atom. The Bertz CT molecular complexity index is 1490. The van der Waals surface area contributed by atoms with Crippen molar-refractivity contribution in [2.75, 3.05) is 6.54 Å². The first-order valence-electron chi connectivity index (χ1n) is 9.85. The Balaban J connectivity index is 0.00000109. The molecule has 0 fully saturated rings. The minimum Gasteiger partial charge on any atom is -0.339 e. The van der Waals surface area contributed by atoms with Gasteiger partial charge in [-0.15, -0.1) is 24.8 Å². The van der Waals surface area contributed by atoms with Crippen LogP contribution >= 0.6 is 24.8 Å². The molecule has 4 N–H and O–H groups in total. The second kappa shape index (κ2) is 7.84. The lowest BCUT2D eigenvalue weighted by Gasteiger charge is -2.08. The van der Waals surface area contributed by atoms with Crippen LogP contribution in [-0.2, 0) is 6.54 Å². The molecule has 0 saturated heterocycles. The van der Waals surface area contributed by atoms with Gasteiger partial charge in [0.05, 0.1) is 22.1 Å². The lowest BCUT2D eigenvalue weighted by atomic mass is 10.0. The van der Waals surface area contributed by atoms with Gasteiger partial charge in [0.25, 0.3) is 0 Å². The van der Waals surface area contributed by atoms with Gasteiger partial charge in [0.15, 0.2) is 0 Å². The van der Waals surface area contributed by atoms with Gasteiger partial charge >= 0.3 is 0 Å². The predicted molar refractivity (Wildman–Crippen MR) is 131 cm³/mol. The number of unbranched alkanes of at least 4 members (excludes halogenated alkanes) is 1. The van der Waals surface area contributed by atoms with Crippen LogP contribution in [0.1, 0.15) is 12.8 Å². The van der Waals surface area contributed by atoms with Gasteiger partial charge in [0.2, 0.25) is 0 Å². The second-order valence-electron chi connectivity index (χ2n) is 7.44. The summed E-state index contributed by atoms with van der Waals surface area (Å²) in [6.07, 6.45) is 4.14. The lowest BCUT2D eigenvalue weighted by Crippen LogP contribution is -2.03. The van der Waals surface area contributed by atoms with Gasteiger partial charge in [-0.2, -0.15) is 0 Å². The first-order valence-corrected chi connectivity index (χ1v) is 9.85. The molecule has 3 aromatic heterocycles. The van der Waals surface area contributed by atoms with Crippen LogP contribution in [0.2, 0.25) is 0 Å². The van der Waals surface area contributed by atoms with Gasteiger partial charge in [-0.1, -0.05) is 36.4 Å². The monoisotopic (exact) mass is 439 g/mol. The summed E-state index contributed by atoms with van der Waals surface area (Å²) in [6.45, 7) is 1.66. The van der Waals surface area contributed by atoms with Crippen LogP contribution < -0.4 is 5.73 Å². The largest absolute Gasteiger partial charge is 0.339 e. The topological polar surface area (TPSA) is 75.4 Å². The number of hydrogen-bond acceptors (Lipinski definition) is 2. The van der Waals surface area contributed by atoms with Crippen LogP contribution in [0.15, 0.2) is 54.7 Å². The van der Waals surface area contributed by atoms with E-state index >= 15 is 0 Å². The average molecular weight is 440 g/mol. The van der Waals surface area contributed by atoms with Gasteiger partial charge in [0.1, 0.15) is 0 Å². The molecule has 5 nitrogen and oxygen atoms in total. The molecular weight excluding hydrogens is 417 g/mol. The second-order valence-corrected chi connectivity index (χ2v) is 7.44. The number of nitrogens with one attached hydrogen (secondary N) is 2. The maximum Gasteiger partial charge on any atom is 0.0967 e. The summed E-state index contributed by atoms with van der Waals surface area (Å²) in [7, 11) is 0. The standard InChI is InChI=1S/C23H21N5.2ClH/c24-11-5-6-12-28-18-10-4-2-8-15(18)20-21-16(13-25-27-21)19-14-7-1-3-9-17(14)26-22(19)23(20)28;;/h1-4,7-10,13,25,27H,5-6,11-12,24H2;2*1H. The third-order valence-electron chi connectivity index (χ3n) is 5.88. The molecule has 0 aliphatic rings. The molecule has 0 spiro atoms. The van der Waals surface area contributed by atoms with Gasteiger partial charge in [-0.3, -0.25) is 0 Å². The zero-order valence-corrected chi connectivity index (χ0v) is 17.9. The molecule has 0 amide bonds. The first kappa shape index (κ1) is 20.5. The summed E-state index contributed by atoms with van der Waals surface area (Å²) in [5, 5.41) is 12.8. The number of halogens is 2. The number of nitrogens with two attached hydrogens (primary N) is 1. The van der Waals surface area contributed by atoms with Crippen molar-refractivity contribution in [1.29, 1.82) is 0 Å². The highest BCUT2D eigenvalue weighted by Crippen LogP contribution is 2.42. The van der Waals surface area contributed by atoms with Gasteiger partial charge in [-0.05, 0) is 31.5 Å². The number of para-hydroxylation sites is 2. The molecule has 0 saturated carbocycles. The molecule has 0 atom stereocenters. The summed E-state index contributed by atoms with van der Waals surface area (Å²) in [4.78, 5) is 5.08. The molecule has 0 unspecified atom stereocenters. The molecule has 154 valence electrons. The SMILES string of the molecule is Cl.Cl.NCCCCn1c2ccccc2c2c3[nH][nH]cc3c3c4ccccc4nc3c21. The quantitative estimate of drug-likeness (QED) is 0.299. The molecular formula is C23H23Cl2N5. The number of hydrogen-bond donors (Lipinski definition) is 3. The van der Waals surface area contributed by atoms with Crippen LogP contribution in [0, 0.1) is 0 Å². The van der Waals surface area contributed by atoms with E-state index in [0.717, 1.165) is 42.5 Å². The van der Waals surface area contributed by atoms with Crippen molar-refractivity contribution in [3.8, 4) is 0 Å². The van der Waals surface area contributed by atoms with Crippen molar-refractivity contribution in [1.82, 2.24) is 19.7 Å². The van der Waals surface area contributed by atoms with E-state index in [1.54, 1.807) is 0 Å². The first-order chi connectivity index (χ1) is 13.9. The Hall–Kier alpha value is -2.73. The van der Waals surface area contributed by atoms with Gasteiger partial charge in [0, 0.05) is 45.2 Å². The Kier molecular flexibility index (Phi) is 5.36. The highest BCUT2D eigenvalue weighted by molar-refractivity contribution is 6.34. The molecule has 3 heterocycles. The lowest BCUT2D eigenvalue weighted by molar-refractivity contribution is 0.643. The number of rotatable bonds is 4. The predicted octanol–water partition coefficient (Wildman–Crippen LogP) is 5.89. The number of benzene rings is 3. The minimum absolute atomic E-state index is 0. The number of aromatic nitrogens is 4. The number of H-pyrrole nitrogens is 2. The Morgan fingerprint density at radius 2 is 1.63 bits per heavy atom. The van der Waals surface area contributed by atoms with Crippen LogP contribution in [-0.4, -0.2) is 26.3 Å². The highest BCUT2D eigenvalue weighted by Gasteiger charge is 2.21. The minimum atomic E-state index is 0. The van der Waals surface area contributed by atoms with Gasteiger partial charge in [-0.25, -0.2) is 4.98 Å². The molecule has 6 rings (SSSR count). The van der Waals surface area contributed by atoms with Gasteiger partial charge < -0.3 is 20.5 Å². The number of nitrogens with zero attached hydrogens (tertiary/aromatic N) is 2. The van der Waals surface area contributed by atoms with E-state index < -0.39 is 0 Å². The molecule has 3 aromatic carbocycles. The molecule has 0 radical (unpaired) electrons. The van der Waals surface area contributed by atoms with Crippen molar-refractivity contribution < 1.29 is 0 Å². The van der Waals surface area contributed by atoms with Crippen molar-refractivity contribution in [2.45, 2.75) is 19.4 Å². The molecule has 0 aliphatic heterocycles. The third kappa shape index (κ3) is 2.70. The highest BCUT2D eigenvalue weighted by atomic mass is 35.5. The number of fused-ring (bicyclic) bond motifs is 10. The summed E-state index contributed by atoms with van der Waals surface area (Å²) >= 11 is 0. The molecule has 7 heteroatoms. The smallest absolute Gasteiger partial charge is 0.0967 e. The molecule has 0 bridgehead atoms. The van der Waals surface area contributed by atoms with E-state index in [0.29, 0.717) is 0 Å². The van der Waals surface area contributed by atoms with E-state index in [9.17, 15) is 0 Å². The normalized spacial score (nSPS) is 11.5. The van der Waals surface area contributed by atoms with E-state index in [1.807, 2.05) is 0 Å². The number of aromatic amines is 2. The molecule has 0 aliphatic carbocycles. The maximum atomic E-state index is 5.76. The van der Waals surface area contributed by atoms with Crippen LogP contribution in [0.5, 0.6) is 0 Å². The van der Waals surface area contributed by atoms with Crippen molar-refractivity contribution >= 4 is 79.3 Å². The summed E-state index contributed by atoms with van der Waals surface area (Å²) in [5.41, 5.74) is 11.5. The van der Waals surface area contributed by atoms with E-state index in [-0.39, 0.29) is 24.8 Å². The molecule has 30 heavy (non-hydrogen) atoms. The summed E-state index contributed by atoms with van der Waals surface area (Å²) in [6, 6.07) is 17.1. The van der Waals surface area contributed by atoms with Crippen LogP contribution in [0.25, 0.3) is 54.5 Å². The fourth-order valence-electron chi connectivity index (χ4n) is 4.69. The average Bonchev–Trinajstić information content (AvgIpc) is 3.41. The van der Waals surface area contributed by atoms with Crippen LogP contribution in [0.4, 0.5) is 0 Å². The fourth-order valence-corrected chi connectivity index (χ4v) is 4.69. The summed E-state index contributed by atoms with van der Waals surface area (Å²) in [5.74, 6) is 0. The van der Waals surface area contributed by atoms with E-state index in [4.69, 9.17) is 10.7 Å². The van der Waals surface area contributed by atoms with E-state index in [2.05, 4.69) is 69.5 Å². The van der Waals surface area contributed by atoms with Crippen LogP contribution in [0.3, 0.4) is 0 Å². The Morgan fingerprint density at radius 3 is 2.47 bits per heavy atom. The third-order valence-corrected chi connectivity index (χ3v) is 5.88. The fraction of sp³-hybridized carbons (Fsp3) is 0.174. The van der Waals surface area contributed by atoms with Crippen molar-refractivity contribution in [3.63, 3.8) is 0 Å². The number of aryl methyl sites for hydroxylation is 1. The maximum absolute atomic E-state index is 5.76. The summed E-state index contributed by atoms with van der Waals surface area (Å²) < 4.78 is 2.44. The van der Waals surface area contributed by atoms with Crippen molar-refractivity contribution in [2.24, 2.45) is 5.73 Å². The zero-order chi connectivity index (χ0) is 18.7. The Labute approximate surface area is 185 Å². The van der Waals surface area contributed by atoms with Crippen molar-refractivity contribution in [3.05, 3.63) is 54.7 Å². The zero-order valence-electron chi connectivity index (χ0n) is 16.3. The molecule has 6 aromatic rings. The van der Waals surface area contributed by atoms with E-state index in [1.165, 1.54) is 38.0 Å².